The van der Waals surface area contributed by atoms with Gasteiger partial charge in [0.1, 0.15) is 5.82 Å². The lowest BCUT2D eigenvalue weighted by molar-refractivity contribution is 0.0939. The SMILES string of the molecule is Cc1ccc(C(C)NC(=O)c2cc(N)cc(F)c2)c(C)c1. The Hall–Kier alpha value is -2.36. The maximum Gasteiger partial charge on any atom is 0.251 e. The number of rotatable bonds is 3. The largest absolute Gasteiger partial charge is 0.399 e. The highest BCUT2D eigenvalue weighted by atomic mass is 19.1. The van der Waals surface area contributed by atoms with Crippen molar-refractivity contribution in [1.29, 1.82) is 0 Å². The van der Waals surface area contributed by atoms with E-state index < -0.39 is 5.82 Å². The molecule has 0 spiro atoms. The van der Waals surface area contributed by atoms with Crippen LogP contribution < -0.4 is 11.1 Å². The van der Waals surface area contributed by atoms with E-state index in [1.807, 2.05) is 32.9 Å². The average Bonchev–Trinajstić information content (AvgIpc) is 2.37. The Labute approximate surface area is 124 Å². The molecule has 0 aliphatic carbocycles. The zero-order valence-corrected chi connectivity index (χ0v) is 12.4. The summed E-state index contributed by atoms with van der Waals surface area (Å²) in [4.78, 5) is 12.2. The minimum absolute atomic E-state index is 0.164. The number of hydrogen-bond acceptors (Lipinski definition) is 2. The first-order valence-corrected chi connectivity index (χ1v) is 6.81. The van der Waals surface area contributed by atoms with Gasteiger partial charge in [0.2, 0.25) is 0 Å². The second kappa shape index (κ2) is 5.95. The van der Waals surface area contributed by atoms with Crippen LogP contribution in [-0.4, -0.2) is 5.91 Å². The smallest absolute Gasteiger partial charge is 0.251 e. The van der Waals surface area contributed by atoms with Crippen molar-refractivity contribution in [3.8, 4) is 0 Å². The van der Waals surface area contributed by atoms with Crippen LogP contribution in [-0.2, 0) is 0 Å². The summed E-state index contributed by atoms with van der Waals surface area (Å²) in [6.45, 7) is 5.93. The second-order valence-electron chi connectivity index (χ2n) is 5.33. The highest BCUT2D eigenvalue weighted by Gasteiger charge is 2.14. The maximum absolute atomic E-state index is 13.3. The van der Waals surface area contributed by atoms with E-state index in [9.17, 15) is 9.18 Å². The molecule has 4 heteroatoms. The summed E-state index contributed by atoms with van der Waals surface area (Å²) in [5.74, 6) is -0.854. The number of benzene rings is 2. The monoisotopic (exact) mass is 286 g/mol. The van der Waals surface area contributed by atoms with Crippen molar-refractivity contribution in [3.63, 3.8) is 0 Å². The quantitative estimate of drug-likeness (QED) is 0.848. The van der Waals surface area contributed by atoms with E-state index in [0.29, 0.717) is 0 Å². The Morgan fingerprint density at radius 1 is 1.19 bits per heavy atom. The predicted octanol–water partition coefficient (Wildman–Crippen LogP) is 3.52. The van der Waals surface area contributed by atoms with Gasteiger partial charge in [0.15, 0.2) is 0 Å². The Balaban J connectivity index is 2.18. The number of carbonyl (C=O) groups excluding carboxylic acids is 1. The summed E-state index contributed by atoms with van der Waals surface area (Å²) in [7, 11) is 0. The molecule has 21 heavy (non-hydrogen) atoms. The van der Waals surface area contributed by atoms with Gasteiger partial charge < -0.3 is 11.1 Å². The molecule has 2 aromatic carbocycles. The molecule has 0 radical (unpaired) electrons. The maximum atomic E-state index is 13.3. The van der Waals surface area contributed by atoms with Crippen LogP contribution in [0.2, 0.25) is 0 Å². The molecule has 110 valence electrons. The summed E-state index contributed by atoms with van der Waals surface area (Å²) in [5.41, 5.74) is 9.35. The van der Waals surface area contributed by atoms with Gasteiger partial charge in [-0.25, -0.2) is 4.39 Å². The fraction of sp³-hybridized carbons (Fsp3) is 0.235. The van der Waals surface area contributed by atoms with Crippen molar-refractivity contribution < 1.29 is 9.18 Å². The molecule has 0 saturated carbocycles. The molecule has 0 aliphatic heterocycles. The zero-order valence-electron chi connectivity index (χ0n) is 12.4. The lowest BCUT2D eigenvalue weighted by Crippen LogP contribution is -2.27. The number of aryl methyl sites for hydroxylation is 2. The van der Waals surface area contributed by atoms with E-state index in [0.717, 1.165) is 11.1 Å². The summed E-state index contributed by atoms with van der Waals surface area (Å²) >= 11 is 0. The zero-order chi connectivity index (χ0) is 15.6. The fourth-order valence-electron chi connectivity index (χ4n) is 2.41. The average molecular weight is 286 g/mol. The molecule has 1 unspecified atom stereocenters. The first-order valence-electron chi connectivity index (χ1n) is 6.81. The van der Waals surface area contributed by atoms with Crippen LogP contribution in [0, 0.1) is 19.7 Å². The number of nitrogen functional groups attached to an aromatic ring is 1. The number of nitrogens with one attached hydrogen (secondary N) is 1. The number of hydrogen-bond donors (Lipinski definition) is 2. The Morgan fingerprint density at radius 3 is 2.52 bits per heavy atom. The van der Waals surface area contributed by atoms with Crippen molar-refractivity contribution in [2.75, 3.05) is 5.73 Å². The minimum atomic E-state index is -0.515. The molecule has 3 nitrogen and oxygen atoms in total. The normalized spacial score (nSPS) is 12.0. The van der Waals surface area contributed by atoms with E-state index in [4.69, 9.17) is 5.73 Å². The summed E-state index contributed by atoms with van der Waals surface area (Å²) in [6, 6.07) is 9.74. The number of halogens is 1. The molecule has 0 bridgehead atoms. The van der Waals surface area contributed by atoms with Gasteiger partial charge in [-0.1, -0.05) is 23.8 Å². The van der Waals surface area contributed by atoms with Gasteiger partial charge in [0, 0.05) is 11.3 Å². The Kier molecular flexibility index (Phi) is 4.26. The van der Waals surface area contributed by atoms with E-state index in [1.165, 1.54) is 23.8 Å². The first-order chi connectivity index (χ1) is 9.86. The summed E-state index contributed by atoms with van der Waals surface area (Å²) in [5, 5.41) is 2.87. The van der Waals surface area contributed by atoms with Crippen molar-refractivity contribution >= 4 is 11.6 Å². The third kappa shape index (κ3) is 3.60. The molecule has 1 atom stereocenters. The van der Waals surface area contributed by atoms with Gasteiger partial charge in [-0.15, -0.1) is 0 Å². The number of nitrogens with two attached hydrogens (primary N) is 1. The Morgan fingerprint density at radius 2 is 1.90 bits per heavy atom. The van der Waals surface area contributed by atoms with Gasteiger partial charge in [-0.3, -0.25) is 4.79 Å². The van der Waals surface area contributed by atoms with E-state index in [-0.39, 0.29) is 23.2 Å². The summed E-state index contributed by atoms with van der Waals surface area (Å²) < 4.78 is 13.3. The van der Waals surface area contributed by atoms with Crippen LogP contribution in [0.3, 0.4) is 0 Å². The lowest BCUT2D eigenvalue weighted by atomic mass is 10.00. The third-order valence-corrected chi connectivity index (χ3v) is 3.42. The molecule has 3 N–H and O–H groups in total. The van der Waals surface area contributed by atoms with Crippen LogP contribution in [0.5, 0.6) is 0 Å². The lowest BCUT2D eigenvalue weighted by Gasteiger charge is -2.17. The standard InChI is InChI=1S/C17H19FN2O/c1-10-4-5-16(11(2)6-10)12(3)20-17(21)13-7-14(18)9-15(19)8-13/h4-9,12H,19H2,1-3H3,(H,20,21). The third-order valence-electron chi connectivity index (χ3n) is 3.42. The molecule has 0 saturated heterocycles. The summed E-state index contributed by atoms with van der Waals surface area (Å²) in [6.07, 6.45) is 0. The van der Waals surface area contributed by atoms with Crippen molar-refractivity contribution in [2.45, 2.75) is 26.8 Å². The molecule has 0 fully saturated rings. The van der Waals surface area contributed by atoms with E-state index >= 15 is 0 Å². The minimum Gasteiger partial charge on any atom is -0.399 e. The highest BCUT2D eigenvalue weighted by molar-refractivity contribution is 5.95. The van der Waals surface area contributed by atoms with Gasteiger partial charge in [0.05, 0.1) is 6.04 Å². The second-order valence-corrected chi connectivity index (χ2v) is 5.33. The van der Waals surface area contributed by atoms with Gasteiger partial charge in [0.25, 0.3) is 5.91 Å². The number of amides is 1. The predicted molar refractivity (Wildman–Crippen MR) is 82.6 cm³/mol. The molecular weight excluding hydrogens is 267 g/mol. The molecule has 2 rings (SSSR count). The molecule has 0 heterocycles. The van der Waals surface area contributed by atoms with E-state index in [1.54, 1.807) is 0 Å². The van der Waals surface area contributed by atoms with Crippen LogP contribution in [0.15, 0.2) is 36.4 Å². The first kappa shape index (κ1) is 15.0. The highest BCUT2D eigenvalue weighted by Crippen LogP contribution is 2.19. The van der Waals surface area contributed by atoms with E-state index in [2.05, 4.69) is 11.4 Å². The van der Waals surface area contributed by atoms with Crippen molar-refractivity contribution in [1.82, 2.24) is 5.32 Å². The van der Waals surface area contributed by atoms with Gasteiger partial charge in [-0.2, -0.15) is 0 Å². The van der Waals surface area contributed by atoms with Gasteiger partial charge in [-0.05, 0) is 50.1 Å². The molecule has 2 aromatic rings. The number of anilines is 1. The fourth-order valence-corrected chi connectivity index (χ4v) is 2.41. The van der Waals surface area contributed by atoms with Crippen molar-refractivity contribution in [3.05, 3.63) is 64.5 Å². The molecule has 0 aromatic heterocycles. The van der Waals surface area contributed by atoms with Crippen molar-refractivity contribution in [2.24, 2.45) is 0 Å². The molecule has 1 amide bonds. The molecular formula is C17H19FN2O. The topological polar surface area (TPSA) is 55.1 Å². The van der Waals surface area contributed by atoms with Crippen LogP contribution >= 0.6 is 0 Å². The van der Waals surface area contributed by atoms with Crippen LogP contribution in [0.1, 0.15) is 40.0 Å². The molecule has 0 aliphatic rings. The van der Waals surface area contributed by atoms with Crippen LogP contribution in [0.4, 0.5) is 10.1 Å². The van der Waals surface area contributed by atoms with Gasteiger partial charge >= 0.3 is 0 Å². The number of carbonyl (C=O) groups is 1. The Bertz CT molecular complexity index is 662. The van der Waals surface area contributed by atoms with Crippen LogP contribution in [0.25, 0.3) is 0 Å².